The summed E-state index contributed by atoms with van der Waals surface area (Å²) in [6.07, 6.45) is 5.24. The number of hydrogen-bond acceptors (Lipinski definition) is 5. The number of non-ortho nitro benzene ring substituents is 1. The second-order valence-corrected chi connectivity index (χ2v) is 7.43. The number of carbonyl (C=O) groups is 1. The molecule has 2 aromatic carbocycles. The first-order chi connectivity index (χ1) is 14.1. The van der Waals surface area contributed by atoms with Gasteiger partial charge in [-0.25, -0.2) is 0 Å². The number of nitro benzene ring substituents is 1. The minimum atomic E-state index is -0.501. The molecule has 1 amide bonds. The maximum absolute atomic E-state index is 12.1. The van der Waals surface area contributed by atoms with Gasteiger partial charge in [0.2, 0.25) is 0 Å². The molecule has 0 aliphatic carbocycles. The Morgan fingerprint density at radius 1 is 1.03 bits per heavy atom. The fourth-order valence-electron chi connectivity index (χ4n) is 3.63. The highest BCUT2D eigenvalue weighted by Gasteiger charge is 2.16. The summed E-state index contributed by atoms with van der Waals surface area (Å²) in [6.45, 7) is 3.86. The lowest BCUT2D eigenvalue weighted by atomic mass is 10.1. The third-order valence-electron chi connectivity index (χ3n) is 5.30. The highest BCUT2D eigenvalue weighted by Crippen LogP contribution is 2.23. The molecule has 1 aliphatic rings. The first-order valence-corrected chi connectivity index (χ1v) is 10.1. The molecular weight excluding hydrogens is 368 g/mol. The Morgan fingerprint density at radius 3 is 2.31 bits per heavy atom. The van der Waals surface area contributed by atoms with Crippen molar-refractivity contribution in [2.24, 2.45) is 0 Å². The summed E-state index contributed by atoms with van der Waals surface area (Å²) in [5, 5.41) is 16.8. The van der Waals surface area contributed by atoms with Gasteiger partial charge >= 0.3 is 0 Å². The molecule has 154 valence electrons. The molecule has 29 heavy (non-hydrogen) atoms. The summed E-state index contributed by atoms with van der Waals surface area (Å²) in [4.78, 5) is 25.1. The maximum atomic E-state index is 12.1. The Labute approximate surface area is 171 Å². The first-order valence-electron chi connectivity index (χ1n) is 10.1. The zero-order chi connectivity index (χ0) is 20.6. The molecule has 2 aromatic rings. The molecule has 0 aromatic heterocycles. The number of hydrogen-bond donors (Lipinski definition) is 2. The van der Waals surface area contributed by atoms with Crippen molar-refractivity contribution < 1.29 is 9.72 Å². The number of nitrogens with one attached hydrogen (secondary N) is 2. The van der Waals surface area contributed by atoms with Crippen LogP contribution in [0.1, 0.15) is 47.2 Å². The lowest BCUT2D eigenvalue weighted by Gasteiger charge is -2.20. The zero-order valence-corrected chi connectivity index (χ0v) is 16.8. The predicted molar refractivity (Wildman–Crippen MR) is 114 cm³/mol. The van der Waals surface area contributed by atoms with Gasteiger partial charge in [0.25, 0.3) is 11.6 Å². The molecule has 7 heteroatoms. The van der Waals surface area contributed by atoms with E-state index in [1.54, 1.807) is 6.07 Å². The molecule has 0 unspecified atom stereocenters. The molecule has 0 saturated carbocycles. The third-order valence-corrected chi connectivity index (χ3v) is 5.30. The largest absolute Gasteiger partial charge is 0.380 e. The van der Waals surface area contributed by atoms with Gasteiger partial charge < -0.3 is 10.6 Å². The lowest BCUT2D eigenvalue weighted by Crippen LogP contribution is -2.23. The third kappa shape index (κ3) is 5.77. The van der Waals surface area contributed by atoms with Crippen molar-refractivity contribution in [3.63, 3.8) is 0 Å². The van der Waals surface area contributed by atoms with E-state index in [2.05, 4.69) is 39.8 Å². The smallest absolute Gasteiger partial charge is 0.270 e. The van der Waals surface area contributed by atoms with Crippen LogP contribution >= 0.6 is 0 Å². The molecule has 1 heterocycles. The van der Waals surface area contributed by atoms with Crippen LogP contribution in [0.4, 0.5) is 11.4 Å². The number of nitrogens with zero attached hydrogens (tertiary/aromatic N) is 2. The Kier molecular flexibility index (Phi) is 7.19. The second kappa shape index (κ2) is 10.0. The van der Waals surface area contributed by atoms with Crippen LogP contribution in [0.5, 0.6) is 0 Å². The van der Waals surface area contributed by atoms with Crippen LogP contribution in [0.2, 0.25) is 0 Å². The van der Waals surface area contributed by atoms with Crippen LogP contribution in [0.25, 0.3) is 0 Å². The molecule has 1 aliphatic heterocycles. The number of carbonyl (C=O) groups excluding carboxylic acids is 1. The molecule has 0 radical (unpaired) electrons. The van der Waals surface area contributed by atoms with Gasteiger partial charge in [-0.15, -0.1) is 0 Å². The number of likely N-dealkylation sites (tertiary alicyclic amines) is 1. The Morgan fingerprint density at radius 2 is 1.69 bits per heavy atom. The quantitative estimate of drug-likeness (QED) is 0.547. The highest BCUT2D eigenvalue weighted by molar-refractivity contribution is 6.00. The van der Waals surface area contributed by atoms with Gasteiger partial charge in [0.1, 0.15) is 0 Å². The molecule has 0 bridgehead atoms. The van der Waals surface area contributed by atoms with Crippen LogP contribution < -0.4 is 10.6 Å². The summed E-state index contributed by atoms with van der Waals surface area (Å²) < 4.78 is 0. The van der Waals surface area contributed by atoms with Crippen molar-refractivity contribution in [3.05, 3.63) is 69.3 Å². The van der Waals surface area contributed by atoms with Crippen molar-refractivity contribution in [1.82, 2.24) is 10.2 Å². The number of benzene rings is 2. The topological polar surface area (TPSA) is 87.5 Å². The average Bonchev–Trinajstić information content (AvgIpc) is 3.01. The van der Waals surface area contributed by atoms with E-state index in [4.69, 9.17) is 0 Å². The molecule has 3 rings (SSSR count). The van der Waals surface area contributed by atoms with Gasteiger partial charge in [-0.3, -0.25) is 19.8 Å². The van der Waals surface area contributed by atoms with Gasteiger partial charge in [0.15, 0.2) is 0 Å². The monoisotopic (exact) mass is 396 g/mol. The molecule has 1 saturated heterocycles. The predicted octanol–water partition coefficient (Wildman–Crippen LogP) is 3.94. The standard InChI is InChI=1S/C22H28N4O3/c1-23-22(27)20-14-19(26(28)29)10-11-21(20)24-15-17-6-8-18(9-7-17)16-25-12-4-2-3-5-13-25/h6-11,14,24H,2-5,12-13,15-16H2,1H3,(H,23,27). The van der Waals surface area contributed by atoms with Gasteiger partial charge in [0.05, 0.1) is 10.5 Å². The van der Waals surface area contributed by atoms with E-state index in [0.29, 0.717) is 12.2 Å². The van der Waals surface area contributed by atoms with E-state index < -0.39 is 4.92 Å². The van der Waals surface area contributed by atoms with Gasteiger partial charge in [-0.2, -0.15) is 0 Å². The average molecular weight is 396 g/mol. The second-order valence-electron chi connectivity index (χ2n) is 7.43. The fraction of sp³-hybridized carbons (Fsp3) is 0.409. The van der Waals surface area contributed by atoms with Crippen molar-refractivity contribution >= 4 is 17.3 Å². The van der Waals surface area contributed by atoms with Crippen LogP contribution in [0.15, 0.2) is 42.5 Å². The minimum absolute atomic E-state index is 0.105. The van der Waals surface area contributed by atoms with E-state index >= 15 is 0 Å². The van der Waals surface area contributed by atoms with E-state index in [9.17, 15) is 14.9 Å². The van der Waals surface area contributed by atoms with Crippen molar-refractivity contribution in [1.29, 1.82) is 0 Å². The molecule has 7 nitrogen and oxygen atoms in total. The Hall–Kier alpha value is -2.93. The summed E-state index contributed by atoms with van der Waals surface area (Å²) in [7, 11) is 1.51. The van der Waals surface area contributed by atoms with E-state index in [-0.39, 0.29) is 17.2 Å². The van der Waals surface area contributed by atoms with Crippen molar-refractivity contribution in [2.45, 2.75) is 38.8 Å². The minimum Gasteiger partial charge on any atom is -0.380 e. The van der Waals surface area contributed by atoms with Crippen molar-refractivity contribution in [3.8, 4) is 0 Å². The maximum Gasteiger partial charge on any atom is 0.270 e. The van der Waals surface area contributed by atoms with Crippen LogP contribution in [-0.4, -0.2) is 35.9 Å². The normalized spacial score (nSPS) is 14.8. The highest BCUT2D eigenvalue weighted by atomic mass is 16.6. The van der Waals surface area contributed by atoms with E-state index in [1.807, 2.05) is 0 Å². The van der Waals surface area contributed by atoms with Gasteiger partial charge in [-0.1, -0.05) is 37.1 Å². The molecule has 0 spiro atoms. The first kappa shape index (κ1) is 20.8. The van der Waals surface area contributed by atoms with Gasteiger partial charge in [0, 0.05) is 38.0 Å². The van der Waals surface area contributed by atoms with Crippen LogP contribution in [0, 0.1) is 10.1 Å². The number of amides is 1. The Bertz CT molecular complexity index is 844. The number of nitro groups is 1. The summed E-state index contributed by atoms with van der Waals surface area (Å²) in [5.41, 5.74) is 3.12. The van der Waals surface area contributed by atoms with Crippen LogP contribution in [-0.2, 0) is 13.1 Å². The zero-order valence-electron chi connectivity index (χ0n) is 16.8. The SMILES string of the molecule is CNC(=O)c1cc([N+](=O)[O-])ccc1NCc1ccc(CN2CCCCCC2)cc1. The van der Waals surface area contributed by atoms with Crippen molar-refractivity contribution in [2.75, 3.05) is 25.5 Å². The molecular formula is C22H28N4O3. The number of anilines is 1. The fourth-order valence-corrected chi connectivity index (χ4v) is 3.63. The summed E-state index contributed by atoms with van der Waals surface area (Å²) in [5.74, 6) is -0.357. The Balaban J connectivity index is 1.63. The molecule has 1 fully saturated rings. The van der Waals surface area contributed by atoms with Gasteiger partial charge in [-0.05, 0) is 43.1 Å². The lowest BCUT2D eigenvalue weighted by molar-refractivity contribution is -0.384. The number of rotatable bonds is 7. The molecule has 2 N–H and O–H groups in total. The van der Waals surface area contributed by atoms with E-state index in [0.717, 1.165) is 12.1 Å². The summed E-state index contributed by atoms with van der Waals surface area (Å²) >= 11 is 0. The summed E-state index contributed by atoms with van der Waals surface area (Å²) in [6, 6.07) is 12.8. The molecule has 0 atom stereocenters. The van der Waals surface area contributed by atoms with E-state index in [1.165, 1.54) is 63.5 Å². The van der Waals surface area contributed by atoms with Crippen LogP contribution in [0.3, 0.4) is 0 Å².